The van der Waals surface area contributed by atoms with E-state index in [1.807, 2.05) is 34.5 Å². The van der Waals surface area contributed by atoms with Gasteiger partial charge in [0.1, 0.15) is 5.01 Å². The molecular weight excluding hydrogens is 390 g/mol. The normalized spacial score (nSPS) is 15.7. The van der Waals surface area contributed by atoms with E-state index >= 15 is 0 Å². The minimum atomic E-state index is 0.129. The molecule has 2 heterocycles. The van der Waals surface area contributed by atoms with E-state index < -0.39 is 0 Å². The summed E-state index contributed by atoms with van der Waals surface area (Å²) in [5, 5.41) is 11.9. The van der Waals surface area contributed by atoms with Gasteiger partial charge in [0.05, 0.1) is 18.7 Å². The molecule has 1 saturated heterocycles. The maximum Gasteiger partial charge on any atom is 0.228 e. The van der Waals surface area contributed by atoms with Gasteiger partial charge in [-0.15, -0.1) is 11.3 Å². The van der Waals surface area contributed by atoms with Gasteiger partial charge in [-0.05, 0) is 12.1 Å². The number of hydrogen-bond donors (Lipinski definition) is 1. The number of aliphatic hydroxyl groups excluding tert-OH is 1. The fourth-order valence-corrected chi connectivity index (χ4v) is 3.99. The van der Waals surface area contributed by atoms with Crippen LogP contribution >= 0.6 is 27.3 Å². The summed E-state index contributed by atoms with van der Waals surface area (Å²) in [6.45, 7) is 3.96. The van der Waals surface area contributed by atoms with Crippen molar-refractivity contribution in [2.24, 2.45) is 0 Å². The van der Waals surface area contributed by atoms with Crippen LogP contribution in [0.3, 0.4) is 0 Å². The Kier molecular flexibility index (Phi) is 5.99. The fourth-order valence-electron chi connectivity index (χ4n) is 2.77. The van der Waals surface area contributed by atoms with Crippen LogP contribution in [0.1, 0.15) is 5.69 Å². The van der Waals surface area contributed by atoms with Gasteiger partial charge in [0.15, 0.2) is 0 Å². The largest absolute Gasteiger partial charge is 0.395 e. The van der Waals surface area contributed by atoms with Gasteiger partial charge in [0, 0.05) is 48.1 Å². The summed E-state index contributed by atoms with van der Waals surface area (Å²) < 4.78 is 1.02. The van der Waals surface area contributed by atoms with E-state index in [9.17, 15) is 4.79 Å². The number of benzene rings is 1. The molecular formula is C17H20BrN3O2S. The number of aromatic nitrogens is 1. The van der Waals surface area contributed by atoms with Crippen molar-refractivity contribution in [2.45, 2.75) is 6.42 Å². The summed E-state index contributed by atoms with van der Waals surface area (Å²) in [5.41, 5.74) is 1.89. The number of nitrogens with zero attached hydrogens (tertiary/aromatic N) is 3. The molecule has 0 atom stereocenters. The molecule has 0 spiro atoms. The highest BCUT2D eigenvalue weighted by molar-refractivity contribution is 9.10. The Bertz CT molecular complexity index is 699. The predicted molar refractivity (Wildman–Crippen MR) is 99.1 cm³/mol. The summed E-state index contributed by atoms with van der Waals surface area (Å²) in [6.07, 6.45) is 0.352. The molecule has 7 heteroatoms. The SMILES string of the molecule is O=C(Cc1csc(-c2cccc(Br)c2)n1)N1CCN(CCO)CC1. The third kappa shape index (κ3) is 4.42. The van der Waals surface area contributed by atoms with Crippen LogP contribution in [0.25, 0.3) is 10.6 Å². The van der Waals surface area contributed by atoms with Gasteiger partial charge < -0.3 is 10.0 Å². The number of rotatable bonds is 5. The number of β-amino-alcohol motifs (C(OH)–C–C–N with tert-alkyl or cyclic N) is 1. The topological polar surface area (TPSA) is 56.7 Å². The lowest BCUT2D eigenvalue weighted by Gasteiger charge is -2.34. The van der Waals surface area contributed by atoms with E-state index in [2.05, 4.69) is 25.8 Å². The number of carbonyl (C=O) groups excluding carboxylic acids is 1. The van der Waals surface area contributed by atoms with Gasteiger partial charge in [-0.25, -0.2) is 4.98 Å². The van der Waals surface area contributed by atoms with Gasteiger partial charge in [-0.3, -0.25) is 9.69 Å². The van der Waals surface area contributed by atoms with Crippen LogP contribution in [0.5, 0.6) is 0 Å². The van der Waals surface area contributed by atoms with Gasteiger partial charge in [-0.2, -0.15) is 0 Å². The zero-order chi connectivity index (χ0) is 16.9. The van der Waals surface area contributed by atoms with Gasteiger partial charge in [-0.1, -0.05) is 28.1 Å². The summed E-state index contributed by atoms with van der Waals surface area (Å²) in [4.78, 5) is 21.1. The van der Waals surface area contributed by atoms with E-state index in [1.54, 1.807) is 11.3 Å². The summed E-state index contributed by atoms with van der Waals surface area (Å²) in [6, 6.07) is 8.02. The molecule has 3 rings (SSSR count). The molecule has 128 valence electrons. The molecule has 1 aromatic carbocycles. The molecule has 1 fully saturated rings. The Balaban J connectivity index is 1.58. The number of halogens is 1. The predicted octanol–water partition coefficient (Wildman–Crippen LogP) is 2.25. The second kappa shape index (κ2) is 8.20. The van der Waals surface area contributed by atoms with Crippen molar-refractivity contribution in [2.75, 3.05) is 39.3 Å². The van der Waals surface area contributed by atoms with E-state index in [4.69, 9.17) is 5.11 Å². The quantitative estimate of drug-likeness (QED) is 0.822. The lowest BCUT2D eigenvalue weighted by atomic mass is 10.2. The van der Waals surface area contributed by atoms with Crippen molar-refractivity contribution in [3.8, 4) is 10.6 Å². The van der Waals surface area contributed by atoms with Crippen LogP contribution in [0.4, 0.5) is 0 Å². The Morgan fingerprint density at radius 2 is 2.08 bits per heavy atom. The minimum absolute atomic E-state index is 0.129. The van der Waals surface area contributed by atoms with Crippen molar-refractivity contribution in [1.29, 1.82) is 0 Å². The Hall–Kier alpha value is -1.28. The summed E-state index contributed by atoms with van der Waals surface area (Å²) in [7, 11) is 0. The molecule has 0 unspecified atom stereocenters. The standard InChI is InChI=1S/C17H20BrN3O2S/c18-14-3-1-2-13(10-14)17-19-15(12-24-17)11-16(23)21-6-4-20(5-7-21)8-9-22/h1-3,10,12,22H,4-9,11H2. The van der Waals surface area contributed by atoms with E-state index in [0.29, 0.717) is 13.0 Å². The van der Waals surface area contributed by atoms with E-state index in [-0.39, 0.29) is 12.5 Å². The van der Waals surface area contributed by atoms with Crippen LogP contribution < -0.4 is 0 Å². The van der Waals surface area contributed by atoms with Crippen molar-refractivity contribution >= 4 is 33.2 Å². The lowest BCUT2D eigenvalue weighted by molar-refractivity contribution is -0.132. The smallest absolute Gasteiger partial charge is 0.228 e. The second-order valence-corrected chi connectivity index (χ2v) is 7.55. The molecule has 1 aliphatic rings. The van der Waals surface area contributed by atoms with Gasteiger partial charge >= 0.3 is 0 Å². The number of hydrogen-bond acceptors (Lipinski definition) is 5. The van der Waals surface area contributed by atoms with Crippen molar-refractivity contribution in [3.05, 3.63) is 39.8 Å². The maximum atomic E-state index is 12.4. The van der Waals surface area contributed by atoms with Crippen LogP contribution in [0, 0.1) is 0 Å². The molecule has 1 aromatic heterocycles. The number of amides is 1. The molecule has 2 aromatic rings. The highest BCUT2D eigenvalue weighted by atomic mass is 79.9. The third-order valence-corrected chi connectivity index (χ3v) is 5.53. The molecule has 0 bridgehead atoms. The van der Waals surface area contributed by atoms with Crippen LogP contribution in [-0.4, -0.2) is 65.1 Å². The average molecular weight is 410 g/mol. The molecule has 0 radical (unpaired) electrons. The second-order valence-electron chi connectivity index (χ2n) is 5.78. The maximum absolute atomic E-state index is 12.4. The number of piperazine rings is 1. The first-order valence-corrected chi connectivity index (χ1v) is 9.64. The van der Waals surface area contributed by atoms with Crippen LogP contribution in [0.2, 0.25) is 0 Å². The molecule has 1 N–H and O–H groups in total. The highest BCUT2D eigenvalue weighted by Crippen LogP contribution is 2.26. The molecule has 5 nitrogen and oxygen atoms in total. The zero-order valence-electron chi connectivity index (χ0n) is 13.3. The van der Waals surface area contributed by atoms with Crippen LogP contribution in [0.15, 0.2) is 34.1 Å². The Labute approximate surface area is 154 Å². The molecule has 0 saturated carbocycles. The first-order valence-electron chi connectivity index (χ1n) is 7.97. The molecule has 1 aliphatic heterocycles. The fraction of sp³-hybridized carbons (Fsp3) is 0.412. The number of thiazole rings is 1. The van der Waals surface area contributed by atoms with Gasteiger partial charge in [0.2, 0.25) is 5.91 Å². The highest BCUT2D eigenvalue weighted by Gasteiger charge is 2.21. The van der Waals surface area contributed by atoms with Crippen molar-refractivity contribution < 1.29 is 9.90 Å². The Morgan fingerprint density at radius 3 is 2.79 bits per heavy atom. The first-order chi connectivity index (χ1) is 11.7. The Morgan fingerprint density at radius 1 is 1.29 bits per heavy atom. The van der Waals surface area contributed by atoms with Gasteiger partial charge in [0.25, 0.3) is 0 Å². The summed E-state index contributed by atoms with van der Waals surface area (Å²) in [5.74, 6) is 0.129. The van der Waals surface area contributed by atoms with E-state index in [1.165, 1.54) is 0 Å². The molecule has 0 aliphatic carbocycles. The first kappa shape index (κ1) is 17.5. The van der Waals surface area contributed by atoms with Crippen LogP contribution in [-0.2, 0) is 11.2 Å². The van der Waals surface area contributed by atoms with Crippen molar-refractivity contribution in [1.82, 2.24) is 14.8 Å². The van der Waals surface area contributed by atoms with Crippen molar-refractivity contribution in [3.63, 3.8) is 0 Å². The molecule has 24 heavy (non-hydrogen) atoms. The number of carbonyl (C=O) groups is 1. The monoisotopic (exact) mass is 409 g/mol. The zero-order valence-corrected chi connectivity index (χ0v) is 15.7. The minimum Gasteiger partial charge on any atom is -0.395 e. The summed E-state index contributed by atoms with van der Waals surface area (Å²) >= 11 is 5.04. The number of aliphatic hydroxyl groups is 1. The van der Waals surface area contributed by atoms with E-state index in [0.717, 1.165) is 46.9 Å². The lowest BCUT2D eigenvalue weighted by Crippen LogP contribution is -2.49. The average Bonchev–Trinajstić information content (AvgIpc) is 3.04. The third-order valence-electron chi connectivity index (χ3n) is 4.10. The molecule has 1 amide bonds.